The van der Waals surface area contributed by atoms with Crippen LogP contribution in [-0.2, 0) is 28.6 Å². The maximum atomic E-state index is 12.4. The van der Waals surface area contributed by atoms with Gasteiger partial charge in [0.2, 0.25) is 0 Å². The van der Waals surface area contributed by atoms with Gasteiger partial charge in [0.25, 0.3) is 0 Å². The Labute approximate surface area is 266 Å². The van der Waals surface area contributed by atoms with E-state index in [4.69, 9.17) is 14.2 Å². The summed E-state index contributed by atoms with van der Waals surface area (Å²) in [6.07, 6.45) is 29.8. The third kappa shape index (κ3) is 31.6. The number of ether oxygens (including phenoxy) is 3. The largest absolute Gasteiger partial charge is 0.462 e. The lowest BCUT2D eigenvalue weighted by Crippen LogP contribution is -2.30. The molecule has 254 valence electrons. The summed E-state index contributed by atoms with van der Waals surface area (Å²) >= 11 is 0. The summed E-state index contributed by atoms with van der Waals surface area (Å²) in [6.45, 7) is 6.49. The van der Waals surface area contributed by atoms with Crippen LogP contribution >= 0.6 is 0 Å². The quantitative estimate of drug-likeness (QED) is 0.0418. The molecule has 0 N–H and O–H groups in total. The molecule has 0 saturated carbocycles. The van der Waals surface area contributed by atoms with E-state index >= 15 is 0 Å². The maximum Gasteiger partial charge on any atom is 0.306 e. The number of carbonyl (C=O) groups excluding carboxylic acids is 3. The molecule has 0 heterocycles. The van der Waals surface area contributed by atoms with Crippen LogP contribution in [-0.4, -0.2) is 37.2 Å². The smallest absolute Gasteiger partial charge is 0.306 e. The van der Waals surface area contributed by atoms with Crippen LogP contribution in [0.4, 0.5) is 0 Å². The lowest BCUT2D eigenvalue weighted by Gasteiger charge is -2.18. The number of hydrogen-bond acceptors (Lipinski definition) is 6. The van der Waals surface area contributed by atoms with Crippen molar-refractivity contribution in [3.05, 3.63) is 0 Å². The van der Waals surface area contributed by atoms with E-state index in [1.54, 1.807) is 0 Å². The predicted molar refractivity (Wildman–Crippen MR) is 178 cm³/mol. The summed E-state index contributed by atoms with van der Waals surface area (Å²) in [5.41, 5.74) is 0. The van der Waals surface area contributed by atoms with Gasteiger partial charge in [-0.25, -0.2) is 0 Å². The Hall–Kier alpha value is -1.59. The van der Waals surface area contributed by atoms with Crippen molar-refractivity contribution in [2.45, 2.75) is 207 Å². The zero-order chi connectivity index (χ0) is 31.6. The minimum Gasteiger partial charge on any atom is -0.462 e. The fourth-order valence-electron chi connectivity index (χ4n) is 5.26. The van der Waals surface area contributed by atoms with Crippen LogP contribution in [0.15, 0.2) is 0 Å². The minimum atomic E-state index is -0.753. The zero-order valence-corrected chi connectivity index (χ0v) is 28.7. The fraction of sp³-hybridized carbons (Fsp3) is 0.919. The molecule has 0 aliphatic rings. The average Bonchev–Trinajstić information content (AvgIpc) is 3.00. The molecule has 0 aromatic carbocycles. The van der Waals surface area contributed by atoms with E-state index in [2.05, 4.69) is 20.8 Å². The molecule has 0 unspecified atom stereocenters. The van der Waals surface area contributed by atoms with Crippen LogP contribution in [0, 0.1) is 0 Å². The van der Waals surface area contributed by atoms with Gasteiger partial charge in [-0.1, -0.05) is 162 Å². The van der Waals surface area contributed by atoms with E-state index in [1.165, 1.54) is 96.3 Å². The SMILES string of the molecule is CCCCCCCCCCCCCCCC(=O)OC[C@H](COC(=O)CCCCCCCCC)OC(=O)CCCCCCC. The average molecular weight is 611 g/mol. The van der Waals surface area contributed by atoms with Gasteiger partial charge < -0.3 is 14.2 Å². The molecule has 0 rings (SSSR count). The Morgan fingerprint density at radius 3 is 0.930 bits per heavy atom. The van der Waals surface area contributed by atoms with Gasteiger partial charge in [-0.3, -0.25) is 14.4 Å². The number of rotatable bonds is 33. The highest BCUT2D eigenvalue weighted by molar-refractivity contribution is 5.71. The van der Waals surface area contributed by atoms with Crippen molar-refractivity contribution in [2.75, 3.05) is 13.2 Å². The van der Waals surface area contributed by atoms with Gasteiger partial charge in [-0.15, -0.1) is 0 Å². The van der Waals surface area contributed by atoms with Crippen molar-refractivity contribution in [3.63, 3.8) is 0 Å². The third-order valence-corrected chi connectivity index (χ3v) is 8.11. The monoisotopic (exact) mass is 611 g/mol. The Morgan fingerprint density at radius 2 is 0.628 bits per heavy atom. The number of unbranched alkanes of at least 4 members (excludes halogenated alkanes) is 22. The highest BCUT2D eigenvalue weighted by Gasteiger charge is 2.19. The van der Waals surface area contributed by atoms with Crippen LogP contribution in [0.2, 0.25) is 0 Å². The van der Waals surface area contributed by atoms with Gasteiger partial charge in [0.05, 0.1) is 0 Å². The molecule has 0 fully saturated rings. The molecule has 0 amide bonds. The summed E-state index contributed by atoms with van der Waals surface area (Å²) in [7, 11) is 0. The lowest BCUT2D eigenvalue weighted by atomic mass is 10.0. The Balaban J connectivity index is 4.19. The van der Waals surface area contributed by atoms with Crippen molar-refractivity contribution in [1.29, 1.82) is 0 Å². The van der Waals surface area contributed by atoms with Gasteiger partial charge in [0.1, 0.15) is 13.2 Å². The molecule has 0 aromatic heterocycles. The molecular weight excluding hydrogens is 540 g/mol. The molecule has 1 atom stereocenters. The first-order valence-corrected chi connectivity index (χ1v) is 18.5. The maximum absolute atomic E-state index is 12.4. The molecule has 0 aliphatic heterocycles. The van der Waals surface area contributed by atoms with Gasteiger partial charge in [-0.2, -0.15) is 0 Å². The van der Waals surface area contributed by atoms with Crippen LogP contribution in [0.1, 0.15) is 201 Å². The molecule has 0 aromatic rings. The Morgan fingerprint density at radius 1 is 0.372 bits per heavy atom. The summed E-state index contributed by atoms with van der Waals surface area (Å²) in [5.74, 6) is -0.886. The minimum absolute atomic E-state index is 0.0659. The van der Waals surface area contributed by atoms with Crippen LogP contribution in [0.3, 0.4) is 0 Å². The van der Waals surface area contributed by atoms with Gasteiger partial charge in [0, 0.05) is 19.3 Å². The Bertz CT molecular complexity index is 635. The highest BCUT2D eigenvalue weighted by atomic mass is 16.6. The number of esters is 3. The first-order chi connectivity index (χ1) is 21.0. The summed E-state index contributed by atoms with van der Waals surface area (Å²) < 4.78 is 16.4. The summed E-state index contributed by atoms with van der Waals surface area (Å²) in [6, 6.07) is 0. The molecule has 0 spiro atoms. The van der Waals surface area contributed by atoms with Gasteiger partial charge in [0.15, 0.2) is 6.10 Å². The molecular formula is C37H70O6. The first-order valence-electron chi connectivity index (χ1n) is 18.5. The van der Waals surface area contributed by atoms with Crippen molar-refractivity contribution < 1.29 is 28.6 Å². The summed E-state index contributed by atoms with van der Waals surface area (Å²) in [4.78, 5) is 37.0. The molecule has 0 radical (unpaired) electrons. The first kappa shape index (κ1) is 41.4. The molecule has 43 heavy (non-hydrogen) atoms. The van der Waals surface area contributed by atoms with Gasteiger partial charge >= 0.3 is 17.9 Å². The fourth-order valence-corrected chi connectivity index (χ4v) is 5.26. The standard InChI is InChI=1S/C37H70O6/c1-4-7-10-13-15-16-17-18-19-20-22-25-27-30-36(39)42-33-34(43-37(40)31-28-23-12-9-6-3)32-41-35(38)29-26-24-21-14-11-8-5-2/h34H,4-33H2,1-3H3/t34-/m0/s1. The van der Waals surface area contributed by atoms with Crippen LogP contribution < -0.4 is 0 Å². The zero-order valence-electron chi connectivity index (χ0n) is 28.7. The third-order valence-electron chi connectivity index (χ3n) is 8.11. The molecule has 6 nitrogen and oxygen atoms in total. The van der Waals surface area contributed by atoms with E-state index in [-0.39, 0.29) is 31.1 Å². The molecule has 0 bridgehead atoms. The van der Waals surface area contributed by atoms with Gasteiger partial charge in [-0.05, 0) is 19.3 Å². The topological polar surface area (TPSA) is 78.9 Å². The van der Waals surface area contributed by atoms with Crippen molar-refractivity contribution in [3.8, 4) is 0 Å². The van der Waals surface area contributed by atoms with E-state index in [0.717, 1.165) is 64.2 Å². The second kappa shape index (κ2) is 33.3. The molecule has 6 heteroatoms. The second-order valence-corrected chi connectivity index (χ2v) is 12.5. The molecule has 0 aliphatic carbocycles. The van der Waals surface area contributed by atoms with E-state index < -0.39 is 6.10 Å². The lowest BCUT2D eigenvalue weighted by molar-refractivity contribution is -0.167. The van der Waals surface area contributed by atoms with Crippen molar-refractivity contribution in [1.82, 2.24) is 0 Å². The van der Waals surface area contributed by atoms with E-state index in [1.807, 2.05) is 0 Å². The molecule has 0 saturated heterocycles. The Kier molecular flexibility index (Phi) is 32.1. The van der Waals surface area contributed by atoms with Crippen molar-refractivity contribution in [2.24, 2.45) is 0 Å². The normalized spacial score (nSPS) is 11.8. The van der Waals surface area contributed by atoms with Crippen LogP contribution in [0.5, 0.6) is 0 Å². The van der Waals surface area contributed by atoms with Crippen molar-refractivity contribution >= 4 is 17.9 Å². The number of hydrogen-bond donors (Lipinski definition) is 0. The second-order valence-electron chi connectivity index (χ2n) is 12.5. The van der Waals surface area contributed by atoms with E-state index in [9.17, 15) is 14.4 Å². The van der Waals surface area contributed by atoms with E-state index in [0.29, 0.717) is 19.3 Å². The highest BCUT2D eigenvalue weighted by Crippen LogP contribution is 2.14. The summed E-state index contributed by atoms with van der Waals surface area (Å²) in [5, 5.41) is 0. The number of carbonyl (C=O) groups is 3. The van der Waals surface area contributed by atoms with Crippen LogP contribution in [0.25, 0.3) is 0 Å². The predicted octanol–water partition coefficient (Wildman–Crippen LogP) is 11.0.